The van der Waals surface area contributed by atoms with E-state index < -0.39 is 22.0 Å². The van der Waals surface area contributed by atoms with E-state index in [9.17, 15) is 17.2 Å². The van der Waals surface area contributed by atoms with Gasteiger partial charge in [-0.15, -0.1) is 0 Å². The van der Waals surface area contributed by atoms with Gasteiger partial charge in [-0.2, -0.15) is 0 Å². The van der Waals surface area contributed by atoms with Gasteiger partial charge in [0.25, 0.3) is 6.43 Å². The number of nitrogens with two attached hydrogens (primary N) is 1. The van der Waals surface area contributed by atoms with Gasteiger partial charge in [0.15, 0.2) is 9.84 Å². The average molecular weight is 235 g/mol. The van der Waals surface area contributed by atoms with Crippen molar-refractivity contribution in [3.63, 3.8) is 0 Å². The Balaban J connectivity index is 2.96. The van der Waals surface area contributed by atoms with Crippen LogP contribution in [0.1, 0.15) is 5.56 Å². The average Bonchev–Trinajstić information content (AvgIpc) is 2.16. The van der Waals surface area contributed by atoms with Crippen molar-refractivity contribution in [2.24, 2.45) is 5.73 Å². The van der Waals surface area contributed by atoms with Crippen LogP contribution in [0.5, 0.6) is 0 Å². The minimum Gasteiger partial charge on any atom is -0.326 e. The maximum Gasteiger partial charge on any atom is 0.252 e. The Hall–Kier alpha value is -1.01. The zero-order valence-electron chi connectivity index (χ0n) is 7.86. The van der Waals surface area contributed by atoms with Gasteiger partial charge in [0.1, 0.15) is 5.75 Å². The molecule has 0 aliphatic heterocycles. The third-order valence-corrected chi connectivity index (χ3v) is 3.54. The molecule has 1 aromatic carbocycles. The third kappa shape index (κ3) is 3.24. The molecule has 15 heavy (non-hydrogen) atoms. The predicted octanol–water partition coefficient (Wildman–Crippen LogP) is 1.18. The van der Waals surface area contributed by atoms with E-state index in [4.69, 9.17) is 5.73 Å². The lowest BCUT2D eigenvalue weighted by Crippen LogP contribution is -2.13. The maximum atomic E-state index is 12.0. The summed E-state index contributed by atoms with van der Waals surface area (Å²) in [6.07, 6.45) is -2.86. The van der Waals surface area contributed by atoms with Crippen LogP contribution in [0.4, 0.5) is 8.78 Å². The number of halogens is 2. The van der Waals surface area contributed by atoms with Gasteiger partial charge in [0, 0.05) is 6.54 Å². The molecule has 1 rings (SSSR count). The molecule has 0 bridgehead atoms. The molecule has 0 aliphatic rings. The van der Waals surface area contributed by atoms with Gasteiger partial charge >= 0.3 is 0 Å². The monoisotopic (exact) mass is 235 g/mol. The number of hydrogen-bond donors (Lipinski definition) is 1. The van der Waals surface area contributed by atoms with E-state index in [-0.39, 0.29) is 11.4 Å². The highest BCUT2D eigenvalue weighted by molar-refractivity contribution is 7.91. The van der Waals surface area contributed by atoms with Crippen LogP contribution in [-0.2, 0) is 16.4 Å². The van der Waals surface area contributed by atoms with E-state index in [1.54, 1.807) is 0 Å². The molecule has 1 aromatic rings. The Morgan fingerprint density at radius 2 is 1.73 bits per heavy atom. The number of alkyl halides is 2. The van der Waals surface area contributed by atoms with E-state index in [2.05, 4.69) is 0 Å². The molecular weight excluding hydrogens is 224 g/mol. The molecule has 0 aliphatic carbocycles. The lowest BCUT2D eigenvalue weighted by molar-refractivity contribution is 0.174. The van der Waals surface area contributed by atoms with Gasteiger partial charge in [-0.25, -0.2) is 17.2 Å². The minimum atomic E-state index is -3.88. The SMILES string of the molecule is NCc1ccc(S(=O)(=O)CC(F)F)cc1. The molecule has 0 amide bonds. The highest BCUT2D eigenvalue weighted by atomic mass is 32.2. The van der Waals surface area contributed by atoms with E-state index in [1.165, 1.54) is 24.3 Å². The summed E-state index contributed by atoms with van der Waals surface area (Å²) in [5.74, 6) is -1.14. The zero-order valence-corrected chi connectivity index (χ0v) is 8.68. The molecule has 6 heteroatoms. The summed E-state index contributed by atoms with van der Waals surface area (Å²) in [6, 6.07) is 5.61. The number of rotatable bonds is 4. The Kier molecular flexibility index (Phi) is 3.76. The summed E-state index contributed by atoms with van der Waals surface area (Å²) in [7, 11) is -3.88. The molecule has 84 valence electrons. The van der Waals surface area contributed by atoms with Crippen molar-refractivity contribution in [2.45, 2.75) is 17.9 Å². The lowest BCUT2D eigenvalue weighted by atomic mass is 10.2. The summed E-state index contributed by atoms with van der Waals surface area (Å²) in [4.78, 5) is -0.0972. The first-order chi connectivity index (χ1) is 6.95. The summed E-state index contributed by atoms with van der Waals surface area (Å²) in [6.45, 7) is 0.287. The second-order valence-electron chi connectivity index (χ2n) is 3.02. The van der Waals surface area contributed by atoms with Crippen LogP contribution >= 0.6 is 0 Å². The molecule has 0 unspecified atom stereocenters. The minimum absolute atomic E-state index is 0.0972. The van der Waals surface area contributed by atoms with E-state index >= 15 is 0 Å². The fourth-order valence-electron chi connectivity index (χ4n) is 1.09. The fourth-order valence-corrected chi connectivity index (χ4v) is 2.17. The Morgan fingerprint density at radius 3 is 2.13 bits per heavy atom. The highest BCUT2D eigenvalue weighted by Crippen LogP contribution is 2.14. The Bertz CT molecular complexity index is 414. The first kappa shape index (κ1) is 12.1. The summed E-state index contributed by atoms with van der Waals surface area (Å²) in [5.41, 5.74) is 6.08. The largest absolute Gasteiger partial charge is 0.326 e. The van der Waals surface area contributed by atoms with Crippen molar-refractivity contribution in [1.29, 1.82) is 0 Å². The van der Waals surface area contributed by atoms with Gasteiger partial charge in [-0.05, 0) is 17.7 Å². The van der Waals surface area contributed by atoms with Crippen LogP contribution < -0.4 is 5.73 Å². The molecule has 0 spiro atoms. The normalized spacial score (nSPS) is 12.0. The quantitative estimate of drug-likeness (QED) is 0.852. The van der Waals surface area contributed by atoms with E-state index in [0.717, 1.165) is 5.56 Å². The van der Waals surface area contributed by atoms with Gasteiger partial charge in [0.05, 0.1) is 4.90 Å². The molecule has 0 atom stereocenters. The Morgan fingerprint density at radius 1 is 1.20 bits per heavy atom. The fraction of sp³-hybridized carbons (Fsp3) is 0.333. The zero-order chi connectivity index (χ0) is 11.5. The first-order valence-corrected chi connectivity index (χ1v) is 5.91. The molecule has 2 N–H and O–H groups in total. The molecule has 0 fully saturated rings. The number of sulfone groups is 1. The topological polar surface area (TPSA) is 60.2 Å². The van der Waals surface area contributed by atoms with Crippen LogP contribution in [0, 0.1) is 0 Å². The summed E-state index contributed by atoms with van der Waals surface area (Å²) in [5, 5.41) is 0. The second kappa shape index (κ2) is 4.67. The summed E-state index contributed by atoms with van der Waals surface area (Å²) < 4.78 is 46.6. The van der Waals surface area contributed by atoms with Crippen LogP contribution in [0.2, 0.25) is 0 Å². The maximum absolute atomic E-state index is 12.0. The van der Waals surface area contributed by atoms with Crippen molar-refractivity contribution in [3.05, 3.63) is 29.8 Å². The molecule has 0 radical (unpaired) electrons. The number of hydrogen-bond acceptors (Lipinski definition) is 3. The van der Waals surface area contributed by atoms with Crippen molar-refractivity contribution in [3.8, 4) is 0 Å². The Labute approximate surface area is 86.8 Å². The second-order valence-corrected chi connectivity index (χ2v) is 5.05. The van der Waals surface area contributed by atoms with Gasteiger partial charge in [0.2, 0.25) is 0 Å². The predicted molar refractivity (Wildman–Crippen MR) is 52.4 cm³/mol. The first-order valence-electron chi connectivity index (χ1n) is 4.25. The summed E-state index contributed by atoms with van der Waals surface area (Å²) >= 11 is 0. The van der Waals surface area contributed by atoms with Gasteiger partial charge in [-0.1, -0.05) is 12.1 Å². The van der Waals surface area contributed by atoms with Crippen molar-refractivity contribution >= 4 is 9.84 Å². The molecule has 0 saturated heterocycles. The van der Waals surface area contributed by atoms with Crippen molar-refractivity contribution < 1.29 is 17.2 Å². The number of benzene rings is 1. The van der Waals surface area contributed by atoms with Crippen LogP contribution in [0.3, 0.4) is 0 Å². The van der Waals surface area contributed by atoms with Crippen molar-refractivity contribution in [1.82, 2.24) is 0 Å². The van der Waals surface area contributed by atoms with Crippen molar-refractivity contribution in [2.75, 3.05) is 5.75 Å². The van der Waals surface area contributed by atoms with Crippen LogP contribution in [0.25, 0.3) is 0 Å². The van der Waals surface area contributed by atoms with Gasteiger partial charge < -0.3 is 5.73 Å². The highest BCUT2D eigenvalue weighted by Gasteiger charge is 2.19. The molecule has 0 aromatic heterocycles. The molecular formula is C9H11F2NO2S. The lowest BCUT2D eigenvalue weighted by Gasteiger charge is -2.04. The van der Waals surface area contributed by atoms with Crippen LogP contribution in [0.15, 0.2) is 29.2 Å². The smallest absolute Gasteiger partial charge is 0.252 e. The molecule has 0 saturated carbocycles. The molecule has 0 heterocycles. The van der Waals surface area contributed by atoms with Crippen LogP contribution in [-0.4, -0.2) is 20.6 Å². The van der Waals surface area contributed by atoms with E-state index in [0.29, 0.717) is 0 Å². The van der Waals surface area contributed by atoms with E-state index in [1.807, 2.05) is 0 Å². The standard InChI is InChI=1S/C9H11F2NO2S/c10-9(11)6-15(13,14)8-3-1-7(5-12)2-4-8/h1-4,9H,5-6,12H2. The molecule has 3 nitrogen and oxygen atoms in total. The van der Waals surface area contributed by atoms with Gasteiger partial charge in [-0.3, -0.25) is 0 Å². The third-order valence-electron chi connectivity index (χ3n) is 1.86.